The molecule has 0 spiro atoms. The number of ether oxygens (including phenoxy) is 1. The van der Waals surface area contributed by atoms with Crippen LogP contribution in [0.5, 0.6) is 5.75 Å². The zero-order valence-corrected chi connectivity index (χ0v) is 12.8. The number of anilines is 1. The summed E-state index contributed by atoms with van der Waals surface area (Å²) in [6, 6.07) is 11.8. The van der Waals surface area contributed by atoms with Crippen molar-refractivity contribution in [1.82, 2.24) is 9.38 Å². The Morgan fingerprint density at radius 2 is 2.00 bits per heavy atom. The van der Waals surface area contributed by atoms with Crippen molar-refractivity contribution >= 4 is 11.5 Å². The molecule has 0 amide bonds. The number of imidazole rings is 1. The lowest BCUT2D eigenvalue weighted by Crippen LogP contribution is -1.97. The molecule has 3 aromatic rings. The SMILES string of the molecule is C=C(C)COc1ccc(-c2nc3c(C)cccn3c2N)cc1. The monoisotopic (exact) mass is 293 g/mol. The number of rotatable bonds is 4. The Balaban J connectivity index is 1.96. The first-order valence-electron chi connectivity index (χ1n) is 7.17. The molecule has 22 heavy (non-hydrogen) atoms. The molecular weight excluding hydrogens is 274 g/mol. The largest absolute Gasteiger partial charge is 0.489 e. The van der Waals surface area contributed by atoms with Crippen molar-refractivity contribution in [2.24, 2.45) is 0 Å². The van der Waals surface area contributed by atoms with Crippen molar-refractivity contribution in [2.75, 3.05) is 12.3 Å². The van der Waals surface area contributed by atoms with Gasteiger partial charge in [0.05, 0.1) is 0 Å². The molecule has 1 aromatic carbocycles. The van der Waals surface area contributed by atoms with Crippen molar-refractivity contribution in [1.29, 1.82) is 0 Å². The van der Waals surface area contributed by atoms with E-state index in [1.165, 1.54) is 0 Å². The van der Waals surface area contributed by atoms with Crippen LogP contribution in [0.1, 0.15) is 12.5 Å². The molecule has 0 fully saturated rings. The Morgan fingerprint density at radius 3 is 2.64 bits per heavy atom. The Hall–Kier alpha value is -2.75. The van der Waals surface area contributed by atoms with Gasteiger partial charge in [-0.25, -0.2) is 4.98 Å². The van der Waals surface area contributed by atoms with E-state index in [4.69, 9.17) is 10.5 Å². The normalized spacial score (nSPS) is 10.8. The van der Waals surface area contributed by atoms with E-state index in [9.17, 15) is 0 Å². The van der Waals surface area contributed by atoms with Crippen molar-refractivity contribution in [3.05, 3.63) is 60.3 Å². The highest BCUT2D eigenvalue weighted by atomic mass is 16.5. The van der Waals surface area contributed by atoms with Crippen molar-refractivity contribution in [3.8, 4) is 17.0 Å². The van der Waals surface area contributed by atoms with E-state index in [1.807, 2.05) is 60.8 Å². The van der Waals surface area contributed by atoms with Gasteiger partial charge in [0.1, 0.15) is 29.5 Å². The summed E-state index contributed by atoms with van der Waals surface area (Å²) in [7, 11) is 0. The van der Waals surface area contributed by atoms with Gasteiger partial charge in [0.2, 0.25) is 0 Å². The smallest absolute Gasteiger partial charge is 0.142 e. The van der Waals surface area contributed by atoms with Crippen LogP contribution in [0.25, 0.3) is 16.9 Å². The van der Waals surface area contributed by atoms with Crippen molar-refractivity contribution in [2.45, 2.75) is 13.8 Å². The molecule has 2 N–H and O–H groups in total. The molecule has 0 atom stereocenters. The number of pyridine rings is 1. The molecule has 2 heterocycles. The van der Waals surface area contributed by atoms with Crippen LogP contribution in [-0.4, -0.2) is 16.0 Å². The van der Waals surface area contributed by atoms with E-state index < -0.39 is 0 Å². The number of benzene rings is 1. The summed E-state index contributed by atoms with van der Waals surface area (Å²) in [5.74, 6) is 1.46. The maximum atomic E-state index is 6.23. The van der Waals surface area contributed by atoms with Crippen LogP contribution in [0.2, 0.25) is 0 Å². The van der Waals surface area contributed by atoms with Crippen molar-refractivity contribution in [3.63, 3.8) is 0 Å². The second-order valence-corrected chi connectivity index (χ2v) is 5.50. The lowest BCUT2D eigenvalue weighted by molar-refractivity contribution is 0.353. The first kappa shape index (κ1) is 14.2. The van der Waals surface area contributed by atoms with Crippen LogP contribution >= 0.6 is 0 Å². The van der Waals surface area contributed by atoms with Gasteiger partial charge >= 0.3 is 0 Å². The number of nitrogen functional groups attached to an aromatic ring is 1. The Morgan fingerprint density at radius 1 is 1.27 bits per heavy atom. The Kier molecular flexibility index (Phi) is 3.59. The summed E-state index contributed by atoms with van der Waals surface area (Å²) in [5.41, 5.74) is 11.0. The number of aryl methyl sites for hydroxylation is 1. The first-order chi connectivity index (χ1) is 10.6. The predicted octanol–water partition coefficient (Wildman–Crippen LogP) is 3.85. The highest BCUT2D eigenvalue weighted by Crippen LogP contribution is 2.28. The molecule has 0 aliphatic rings. The third kappa shape index (κ3) is 2.55. The van der Waals surface area contributed by atoms with Gasteiger partial charge in [-0.2, -0.15) is 0 Å². The van der Waals surface area contributed by atoms with Gasteiger partial charge in [-0.3, -0.25) is 4.40 Å². The molecule has 112 valence electrons. The lowest BCUT2D eigenvalue weighted by Gasteiger charge is -2.06. The summed E-state index contributed by atoms with van der Waals surface area (Å²) < 4.78 is 7.52. The molecule has 0 saturated heterocycles. The molecule has 2 aromatic heterocycles. The van der Waals surface area contributed by atoms with E-state index >= 15 is 0 Å². The van der Waals surface area contributed by atoms with E-state index in [0.29, 0.717) is 12.4 Å². The third-order valence-electron chi connectivity index (χ3n) is 3.50. The molecule has 4 nitrogen and oxygen atoms in total. The fourth-order valence-electron chi connectivity index (χ4n) is 2.35. The van der Waals surface area contributed by atoms with E-state index in [1.54, 1.807) is 0 Å². The van der Waals surface area contributed by atoms with Gasteiger partial charge in [0.25, 0.3) is 0 Å². The maximum absolute atomic E-state index is 6.23. The van der Waals surface area contributed by atoms with E-state index in [0.717, 1.165) is 33.8 Å². The van der Waals surface area contributed by atoms with E-state index in [2.05, 4.69) is 11.6 Å². The summed E-state index contributed by atoms with van der Waals surface area (Å²) >= 11 is 0. The van der Waals surface area contributed by atoms with Crippen LogP contribution in [0, 0.1) is 6.92 Å². The minimum atomic E-state index is 0.523. The average Bonchev–Trinajstić information content (AvgIpc) is 2.85. The molecular formula is C18H19N3O. The molecule has 4 heteroatoms. The van der Waals surface area contributed by atoms with Crippen LogP contribution in [0.15, 0.2) is 54.7 Å². The number of nitrogens with two attached hydrogens (primary N) is 1. The van der Waals surface area contributed by atoms with Gasteiger partial charge < -0.3 is 10.5 Å². The molecule has 0 unspecified atom stereocenters. The van der Waals surface area contributed by atoms with Gasteiger partial charge in [0.15, 0.2) is 0 Å². The summed E-state index contributed by atoms with van der Waals surface area (Å²) in [4.78, 5) is 4.67. The fraction of sp³-hybridized carbons (Fsp3) is 0.167. The maximum Gasteiger partial charge on any atom is 0.142 e. The Bertz CT molecular complexity index is 831. The second-order valence-electron chi connectivity index (χ2n) is 5.50. The quantitative estimate of drug-likeness (QED) is 0.743. The molecule has 0 saturated carbocycles. The van der Waals surface area contributed by atoms with E-state index in [-0.39, 0.29) is 0 Å². The van der Waals surface area contributed by atoms with Crippen molar-refractivity contribution < 1.29 is 4.74 Å². The predicted molar refractivity (Wildman–Crippen MR) is 90.1 cm³/mol. The highest BCUT2D eigenvalue weighted by Gasteiger charge is 2.12. The third-order valence-corrected chi connectivity index (χ3v) is 3.50. The second kappa shape index (κ2) is 5.56. The number of nitrogens with zero attached hydrogens (tertiary/aromatic N) is 2. The van der Waals surface area contributed by atoms with Crippen LogP contribution in [-0.2, 0) is 0 Å². The topological polar surface area (TPSA) is 52.5 Å². The van der Waals surface area contributed by atoms with Gasteiger partial charge in [-0.15, -0.1) is 0 Å². The number of fused-ring (bicyclic) bond motifs is 1. The van der Waals surface area contributed by atoms with Crippen LogP contribution in [0.4, 0.5) is 5.82 Å². The zero-order chi connectivity index (χ0) is 15.7. The molecule has 0 aliphatic heterocycles. The minimum Gasteiger partial charge on any atom is -0.489 e. The number of hydrogen-bond acceptors (Lipinski definition) is 3. The highest BCUT2D eigenvalue weighted by molar-refractivity contribution is 5.76. The van der Waals surface area contributed by atoms with Gasteiger partial charge in [-0.05, 0) is 55.3 Å². The molecule has 0 radical (unpaired) electrons. The number of aromatic nitrogens is 2. The Labute approximate surface area is 129 Å². The fourth-order valence-corrected chi connectivity index (χ4v) is 2.35. The summed E-state index contributed by atoms with van der Waals surface area (Å²) in [6.07, 6.45) is 1.93. The average molecular weight is 293 g/mol. The standard InChI is InChI=1S/C18H19N3O/c1-12(2)11-22-15-8-6-14(7-9-15)16-17(19)21-10-4-5-13(3)18(21)20-16/h4-10H,1,11,19H2,2-3H3. The molecule has 3 rings (SSSR count). The summed E-state index contributed by atoms with van der Waals surface area (Å²) in [5, 5.41) is 0. The van der Waals surface area contributed by atoms with Gasteiger partial charge in [-0.1, -0.05) is 12.6 Å². The minimum absolute atomic E-state index is 0.523. The van der Waals surface area contributed by atoms with Crippen LogP contribution in [0.3, 0.4) is 0 Å². The molecule has 0 aliphatic carbocycles. The molecule has 0 bridgehead atoms. The van der Waals surface area contributed by atoms with Gasteiger partial charge in [0, 0.05) is 11.8 Å². The number of hydrogen-bond donors (Lipinski definition) is 1. The zero-order valence-electron chi connectivity index (χ0n) is 12.8. The summed E-state index contributed by atoms with van der Waals surface area (Å²) in [6.45, 7) is 8.31. The first-order valence-corrected chi connectivity index (χ1v) is 7.17. The van der Waals surface area contributed by atoms with Crippen LogP contribution < -0.4 is 10.5 Å². The lowest BCUT2D eigenvalue weighted by atomic mass is 10.1.